The average Bonchev–Trinajstić information content (AvgIpc) is 2.95. The summed E-state index contributed by atoms with van der Waals surface area (Å²) in [4.78, 5) is 12.3. The van der Waals surface area contributed by atoms with Crippen molar-refractivity contribution in [2.45, 2.75) is 37.6 Å². The van der Waals surface area contributed by atoms with Crippen molar-refractivity contribution in [1.29, 1.82) is 0 Å². The molecule has 1 unspecified atom stereocenters. The Morgan fingerprint density at radius 3 is 2.73 bits per heavy atom. The number of nitrogens with zero attached hydrogens (tertiary/aromatic N) is 2. The number of amides is 1. The second-order valence-corrected chi connectivity index (χ2v) is 6.86. The maximum Gasteiger partial charge on any atom is 0.267 e. The number of thioether (sulfide) groups is 1. The lowest BCUT2D eigenvalue weighted by atomic mass is 10.1. The molecule has 1 aromatic carbocycles. The molecule has 1 N–H and O–H groups in total. The molecule has 0 spiro atoms. The molecule has 0 aliphatic heterocycles. The molecule has 0 fully saturated rings. The Kier molecular flexibility index (Phi) is 5.79. The number of benzene rings is 1. The minimum Gasteiger partial charge on any atom is -0.481 e. The molecule has 0 saturated heterocycles. The number of aromatic nitrogens is 2. The van der Waals surface area contributed by atoms with Crippen LogP contribution in [0.2, 0.25) is 0 Å². The Bertz CT molecular complexity index is 658. The third kappa shape index (κ3) is 4.20. The van der Waals surface area contributed by atoms with Gasteiger partial charge >= 0.3 is 0 Å². The van der Waals surface area contributed by atoms with E-state index in [9.17, 15) is 4.79 Å². The van der Waals surface area contributed by atoms with Gasteiger partial charge in [-0.25, -0.2) is 0 Å². The summed E-state index contributed by atoms with van der Waals surface area (Å²) in [7, 11) is 0. The molecule has 22 heavy (non-hydrogen) atoms. The largest absolute Gasteiger partial charge is 0.481 e. The molecule has 0 saturated carbocycles. The highest BCUT2D eigenvalue weighted by Gasteiger charge is 2.20. The molecule has 1 aromatic heterocycles. The lowest BCUT2D eigenvalue weighted by molar-refractivity contribution is -0.122. The van der Waals surface area contributed by atoms with Crippen LogP contribution < -0.4 is 10.1 Å². The SMILES string of the molecule is CCC(Oc1ccc(C)c(C)c1)C(=O)Nc1nnc(SC)s1. The van der Waals surface area contributed by atoms with Gasteiger partial charge in [-0.2, -0.15) is 0 Å². The van der Waals surface area contributed by atoms with Gasteiger partial charge in [0.15, 0.2) is 10.4 Å². The highest BCUT2D eigenvalue weighted by Crippen LogP contribution is 2.24. The first kappa shape index (κ1) is 16.8. The predicted octanol–water partition coefficient (Wildman–Crippen LogP) is 3.67. The molecule has 118 valence electrons. The number of ether oxygens (including phenoxy) is 1. The summed E-state index contributed by atoms with van der Waals surface area (Å²) < 4.78 is 6.62. The molecule has 1 heterocycles. The van der Waals surface area contributed by atoms with E-state index >= 15 is 0 Å². The number of hydrogen-bond donors (Lipinski definition) is 1. The van der Waals surface area contributed by atoms with E-state index in [0.717, 1.165) is 9.90 Å². The van der Waals surface area contributed by atoms with Crippen LogP contribution in [-0.4, -0.2) is 28.5 Å². The van der Waals surface area contributed by atoms with Crippen LogP contribution >= 0.6 is 23.1 Å². The summed E-state index contributed by atoms with van der Waals surface area (Å²) >= 11 is 2.85. The van der Waals surface area contributed by atoms with Gasteiger partial charge in [-0.05, 0) is 49.8 Å². The van der Waals surface area contributed by atoms with E-state index in [1.807, 2.05) is 45.2 Å². The lowest BCUT2D eigenvalue weighted by Gasteiger charge is -2.17. The van der Waals surface area contributed by atoms with Crippen molar-refractivity contribution >= 4 is 34.1 Å². The van der Waals surface area contributed by atoms with Gasteiger partial charge < -0.3 is 4.74 Å². The molecule has 2 rings (SSSR count). The van der Waals surface area contributed by atoms with Gasteiger partial charge in [0, 0.05) is 0 Å². The Hall–Kier alpha value is -1.60. The zero-order valence-electron chi connectivity index (χ0n) is 13.0. The van der Waals surface area contributed by atoms with E-state index in [1.54, 1.807) is 0 Å². The molecule has 0 aliphatic rings. The third-order valence-electron chi connectivity index (χ3n) is 3.23. The Labute approximate surface area is 138 Å². The van der Waals surface area contributed by atoms with Crippen molar-refractivity contribution in [3.63, 3.8) is 0 Å². The summed E-state index contributed by atoms with van der Waals surface area (Å²) in [6, 6.07) is 5.82. The number of carbonyl (C=O) groups excluding carboxylic acids is 1. The van der Waals surface area contributed by atoms with Crippen LogP contribution in [0.25, 0.3) is 0 Å². The molecule has 0 aliphatic carbocycles. The van der Waals surface area contributed by atoms with E-state index in [2.05, 4.69) is 15.5 Å². The van der Waals surface area contributed by atoms with Gasteiger partial charge in [0.1, 0.15) is 5.75 Å². The zero-order chi connectivity index (χ0) is 16.1. The monoisotopic (exact) mass is 337 g/mol. The highest BCUT2D eigenvalue weighted by atomic mass is 32.2. The highest BCUT2D eigenvalue weighted by molar-refractivity contribution is 8.00. The quantitative estimate of drug-likeness (QED) is 0.643. The standard InChI is InChI=1S/C15H19N3O2S2/c1-5-12(20-11-7-6-9(2)10(3)8-11)13(19)16-14-17-18-15(21-4)22-14/h6-8,12H,5H2,1-4H3,(H,16,17,19). The maximum absolute atomic E-state index is 12.3. The smallest absolute Gasteiger partial charge is 0.267 e. The van der Waals surface area contributed by atoms with E-state index in [-0.39, 0.29) is 5.91 Å². The Morgan fingerprint density at radius 1 is 1.36 bits per heavy atom. The fraction of sp³-hybridized carbons (Fsp3) is 0.400. The van der Waals surface area contributed by atoms with Crippen molar-refractivity contribution in [2.24, 2.45) is 0 Å². The molecule has 2 aromatic rings. The molecule has 1 atom stereocenters. The first-order chi connectivity index (χ1) is 10.5. The van der Waals surface area contributed by atoms with Crippen LogP contribution in [0.3, 0.4) is 0 Å². The van der Waals surface area contributed by atoms with Gasteiger partial charge in [-0.15, -0.1) is 10.2 Å². The van der Waals surface area contributed by atoms with E-state index in [0.29, 0.717) is 17.3 Å². The molecule has 5 nitrogen and oxygen atoms in total. The predicted molar refractivity (Wildman–Crippen MR) is 90.9 cm³/mol. The minimum absolute atomic E-state index is 0.204. The number of rotatable bonds is 6. The van der Waals surface area contributed by atoms with Crippen LogP contribution in [0.1, 0.15) is 24.5 Å². The second kappa shape index (κ2) is 7.60. The fourth-order valence-corrected chi connectivity index (χ4v) is 2.98. The lowest BCUT2D eigenvalue weighted by Crippen LogP contribution is -2.32. The van der Waals surface area contributed by atoms with E-state index in [1.165, 1.54) is 28.7 Å². The third-order valence-corrected chi connectivity index (χ3v) is 5.05. The van der Waals surface area contributed by atoms with Gasteiger partial charge in [0.05, 0.1) is 0 Å². The minimum atomic E-state index is -0.552. The van der Waals surface area contributed by atoms with Gasteiger partial charge in [0.25, 0.3) is 5.91 Å². The summed E-state index contributed by atoms with van der Waals surface area (Å²) in [5.41, 5.74) is 2.34. The van der Waals surface area contributed by atoms with Crippen LogP contribution in [0.4, 0.5) is 5.13 Å². The summed E-state index contributed by atoms with van der Waals surface area (Å²) in [6.07, 6.45) is 1.94. The first-order valence-electron chi connectivity index (χ1n) is 6.95. The van der Waals surface area contributed by atoms with Crippen molar-refractivity contribution < 1.29 is 9.53 Å². The van der Waals surface area contributed by atoms with Crippen LogP contribution in [0, 0.1) is 13.8 Å². The molecule has 7 heteroatoms. The number of aryl methyl sites for hydroxylation is 2. The number of nitrogens with one attached hydrogen (secondary N) is 1. The van der Waals surface area contributed by atoms with Crippen LogP contribution in [0.15, 0.2) is 22.5 Å². The molecule has 0 radical (unpaired) electrons. The number of carbonyl (C=O) groups is 1. The molecule has 0 bridgehead atoms. The van der Waals surface area contributed by atoms with Gasteiger partial charge in [-0.1, -0.05) is 36.1 Å². The van der Waals surface area contributed by atoms with Crippen LogP contribution in [-0.2, 0) is 4.79 Å². The summed E-state index contributed by atoms with van der Waals surface area (Å²) in [5.74, 6) is 0.497. The van der Waals surface area contributed by atoms with Crippen molar-refractivity contribution in [1.82, 2.24) is 10.2 Å². The van der Waals surface area contributed by atoms with Crippen LogP contribution in [0.5, 0.6) is 5.75 Å². The van der Waals surface area contributed by atoms with Crippen molar-refractivity contribution in [2.75, 3.05) is 11.6 Å². The van der Waals surface area contributed by atoms with E-state index in [4.69, 9.17) is 4.74 Å². The average molecular weight is 337 g/mol. The van der Waals surface area contributed by atoms with Crippen molar-refractivity contribution in [3.8, 4) is 5.75 Å². The Balaban J connectivity index is 2.03. The van der Waals surface area contributed by atoms with E-state index < -0.39 is 6.10 Å². The summed E-state index contributed by atoms with van der Waals surface area (Å²) in [6.45, 7) is 5.98. The molecular formula is C15H19N3O2S2. The normalized spacial score (nSPS) is 12.0. The zero-order valence-corrected chi connectivity index (χ0v) is 14.7. The Morgan fingerprint density at radius 2 is 2.14 bits per heavy atom. The number of hydrogen-bond acceptors (Lipinski definition) is 6. The number of anilines is 1. The first-order valence-corrected chi connectivity index (χ1v) is 9.00. The van der Waals surface area contributed by atoms with Crippen molar-refractivity contribution in [3.05, 3.63) is 29.3 Å². The summed E-state index contributed by atoms with van der Waals surface area (Å²) in [5, 5.41) is 11.1. The second-order valence-electron chi connectivity index (χ2n) is 4.83. The molecular weight excluding hydrogens is 318 g/mol. The van der Waals surface area contributed by atoms with Gasteiger partial charge in [-0.3, -0.25) is 10.1 Å². The fourth-order valence-electron chi connectivity index (χ4n) is 1.80. The van der Waals surface area contributed by atoms with Gasteiger partial charge in [0.2, 0.25) is 5.13 Å². The topological polar surface area (TPSA) is 64.1 Å². The molecule has 1 amide bonds. The maximum atomic E-state index is 12.3.